The molecule has 3 nitrogen and oxygen atoms in total. The Labute approximate surface area is 63.9 Å². The average molecular weight is 143 g/mol. The quantitative estimate of drug-likeness (QED) is 0.558. The molecule has 0 amide bonds. The number of hydrogen-bond acceptors (Lipinski definition) is 2. The summed E-state index contributed by atoms with van der Waals surface area (Å²) in [6, 6.07) is 5.27. The molecule has 2 rings (SSSR count). The highest BCUT2D eigenvalue weighted by Gasteiger charge is 1.94. The van der Waals surface area contributed by atoms with Gasteiger partial charge in [0.15, 0.2) is 5.82 Å². The number of fused-ring (bicyclic) bond motifs is 1. The van der Waals surface area contributed by atoms with Crippen molar-refractivity contribution in [1.82, 2.24) is 15.7 Å². The molecule has 0 aliphatic heterocycles. The van der Waals surface area contributed by atoms with E-state index in [1.807, 2.05) is 12.1 Å². The fourth-order valence-corrected chi connectivity index (χ4v) is 0.955. The molecule has 0 aromatic carbocycles. The van der Waals surface area contributed by atoms with E-state index in [4.69, 9.17) is 5.73 Å². The van der Waals surface area contributed by atoms with Gasteiger partial charge in [-0.25, -0.2) is 4.98 Å². The zero-order valence-corrected chi connectivity index (χ0v) is 5.73. The Bertz CT molecular complexity index is 384. The standard InChI is InChI=1S/C8H5N3/c9-8-4-7-6(5-11-8)2-1-3-10-7/h1-5H. The fraction of sp³-hybridized carbons (Fsp3) is 0. The molecular formula is C8H5N3. The molecule has 2 aromatic rings. The van der Waals surface area contributed by atoms with Gasteiger partial charge in [-0.15, -0.1) is 5.73 Å². The number of rotatable bonds is 0. The number of hydrogen-bond donors (Lipinski definition) is 0. The third kappa shape index (κ3) is 1.00. The molecule has 0 atom stereocenters. The Kier molecular flexibility index (Phi) is 1.22. The van der Waals surface area contributed by atoms with Gasteiger partial charge in [-0.3, -0.25) is 4.98 Å². The molecule has 0 spiro atoms. The molecular weight excluding hydrogens is 138 g/mol. The summed E-state index contributed by atoms with van der Waals surface area (Å²) in [7, 11) is 0. The number of pyridine rings is 2. The molecule has 2 aromatic heterocycles. The van der Waals surface area contributed by atoms with Crippen LogP contribution in [0, 0.1) is 0 Å². The molecule has 2 heterocycles. The van der Waals surface area contributed by atoms with E-state index >= 15 is 0 Å². The third-order valence-electron chi connectivity index (χ3n) is 1.47. The van der Waals surface area contributed by atoms with Gasteiger partial charge in [0, 0.05) is 23.8 Å². The zero-order valence-electron chi connectivity index (χ0n) is 5.73. The first-order chi connectivity index (χ1) is 5.36. The highest BCUT2D eigenvalue weighted by Crippen LogP contribution is 2.11. The van der Waals surface area contributed by atoms with E-state index < -0.39 is 0 Å². The second-order valence-electron chi connectivity index (χ2n) is 2.24. The van der Waals surface area contributed by atoms with E-state index in [0.29, 0.717) is 0 Å². The number of aromatic nitrogens is 2. The lowest BCUT2D eigenvalue weighted by atomic mass is 10.3. The van der Waals surface area contributed by atoms with Crippen LogP contribution in [0.1, 0.15) is 0 Å². The Morgan fingerprint density at radius 1 is 1.27 bits per heavy atom. The van der Waals surface area contributed by atoms with Crippen molar-refractivity contribution in [2.24, 2.45) is 0 Å². The topological polar surface area (TPSA) is 48.1 Å². The summed E-state index contributed by atoms with van der Waals surface area (Å²) >= 11 is 0. The van der Waals surface area contributed by atoms with E-state index in [2.05, 4.69) is 9.97 Å². The van der Waals surface area contributed by atoms with Crippen molar-refractivity contribution in [1.29, 1.82) is 0 Å². The van der Waals surface area contributed by atoms with Crippen molar-refractivity contribution in [2.45, 2.75) is 0 Å². The fourth-order valence-electron chi connectivity index (χ4n) is 0.955. The summed E-state index contributed by atoms with van der Waals surface area (Å²) < 4.78 is 0. The summed E-state index contributed by atoms with van der Waals surface area (Å²) in [5.74, 6) is 0.0104. The molecule has 0 fully saturated rings. The molecule has 0 aliphatic rings. The minimum absolute atomic E-state index is 0.0104. The van der Waals surface area contributed by atoms with Gasteiger partial charge < -0.3 is 0 Å². The van der Waals surface area contributed by atoms with Crippen molar-refractivity contribution in [3.8, 4) is 0 Å². The molecule has 0 bridgehead atoms. The lowest BCUT2D eigenvalue weighted by Crippen LogP contribution is -1.80. The van der Waals surface area contributed by atoms with Gasteiger partial charge in [-0.1, -0.05) is 0 Å². The molecule has 0 N–H and O–H groups in total. The van der Waals surface area contributed by atoms with Gasteiger partial charge in [0.2, 0.25) is 0 Å². The highest BCUT2D eigenvalue weighted by molar-refractivity contribution is 5.78. The van der Waals surface area contributed by atoms with Crippen molar-refractivity contribution >= 4 is 16.7 Å². The first-order valence-electron chi connectivity index (χ1n) is 3.26. The van der Waals surface area contributed by atoms with Crippen molar-refractivity contribution in [3.63, 3.8) is 0 Å². The molecule has 0 saturated heterocycles. The third-order valence-corrected chi connectivity index (χ3v) is 1.47. The van der Waals surface area contributed by atoms with Gasteiger partial charge >= 0.3 is 0 Å². The van der Waals surface area contributed by atoms with Gasteiger partial charge in [0.1, 0.15) is 0 Å². The summed E-state index contributed by atoms with van der Waals surface area (Å²) in [5.41, 5.74) is 9.74. The summed E-state index contributed by atoms with van der Waals surface area (Å²) in [6.07, 6.45) is 3.28. The first kappa shape index (κ1) is 6.09. The molecule has 11 heavy (non-hydrogen) atoms. The van der Waals surface area contributed by atoms with Crippen LogP contribution in [-0.4, -0.2) is 9.97 Å². The molecule has 52 valence electrons. The second kappa shape index (κ2) is 2.20. The Morgan fingerprint density at radius 2 is 2.18 bits per heavy atom. The zero-order chi connectivity index (χ0) is 7.68. The van der Waals surface area contributed by atoms with E-state index in [0.717, 1.165) is 10.9 Å². The van der Waals surface area contributed by atoms with Crippen LogP contribution in [0.25, 0.3) is 10.9 Å². The summed E-state index contributed by atoms with van der Waals surface area (Å²) in [4.78, 5) is 7.76. The maximum absolute atomic E-state index is 8.98. The molecule has 0 unspecified atom stereocenters. The van der Waals surface area contributed by atoms with Crippen LogP contribution in [0.15, 0.2) is 30.6 Å². The Balaban J connectivity index is 2.83. The normalized spacial score (nSPS) is 10.2. The maximum Gasteiger partial charge on any atom is 0.176 e. The van der Waals surface area contributed by atoms with Crippen LogP contribution in [0.2, 0.25) is 0 Å². The number of nitrogens with zero attached hydrogens (tertiary/aromatic N) is 3. The van der Waals surface area contributed by atoms with E-state index in [1.165, 1.54) is 6.07 Å². The predicted octanol–water partition coefficient (Wildman–Crippen LogP) is 1.33. The smallest absolute Gasteiger partial charge is 0.176 e. The minimum atomic E-state index is 0.0104. The van der Waals surface area contributed by atoms with E-state index in [9.17, 15) is 0 Å². The van der Waals surface area contributed by atoms with Gasteiger partial charge in [-0.05, 0) is 12.1 Å². The summed E-state index contributed by atoms with van der Waals surface area (Å²) in [6.45, 7) is 0. The largest absolute Gasteiger partial charge is 0.256 e. The monoisotopic (exact) mass is 143 g/mol. The molecule has 2 radical (unpaired) electrons. The Morgan fingerprint density at radius 3 is 3.09 bits per heavy atom. The van der Waals surface area contributed by atoms with Crippen molar-refractivity contribution < 1.29 is 0 Å². The minimum Gasteiger partial charge on any atom is -0.256 e. The van der Waals surface area contributed by atoms with Crippen LogP contribution >= 0.6 is 0 Å². The van der Waals surface area contributed by atoms with Crippen LogP contribution in [0.3, 0.4) is 0 Å². The van der Waals surface area contributed by atoms with Gasteiger partial charge in [0.05, 0.1) is 5.52 Å². The SMILES string of the molecule is [N]c1cc2ncccc2cn1. The molecule has 3 heteroatoms. The van der Waals surface area contributed by atoms with Gasteiger partial charge in [0.25, 0.3) is 0 Å². The van der Waals surface area contributed by atoms with E-state index in [1.54, 1.807) is 12.4 Å². The Hall–Kier alpha value is -1.64. The molecule has 0 aliphatic carbocycles. The van der Waals surface area contributed by atoms with Crippen LogP contribution in [0.5, 0.6) is 0 Å². The van der Waals surface area contributed by atoms with Crippen LogP contribution < -0.4 is 5.73 Å². The average Bonchev–Trinajstić information content (AvgIpc) is 2.04. The summed E-state index contributed by atoms with van der Waals surface area (Å²) in [5, 5.41) is 0.935. The molecule has 0 saturated carbocycles. The van der Waals surface area contributed by atoms with Crippen molar-refractivity contribution in [3.05, 3.63) is 30.6 Å². The highest BCUT2D eigenvalue weighted by atomic mass is 14.8. The first-order valence-corrected chi connectivity index (χ1v) is 3.26. The van der Waals surface area contributed by atoms with E-state index in [-0.39, 0.29) is 5.82 Å². The van der Waals surface area contributed by atoms with Gasteiger partial charge in [-0.2, -0.15) is 0 Å². The van der Waals surface area contributed by atoms with Crippen molar-refractivity contribution in [2.75, 3.05) is 0 Å². The lowest BCUT2D eigenvalue weighted by molar-refractivity contribution is 1.26. The second-order valence-corrected chi connectivity index (χ2v) is 2.24. The lowest BCUT2D eigenvalue weighted by Gasteiger charge is -1.93. The maximum atomic E-state index is 8.98. The van der Waals surface area contributed by atoms with Crippen LogP contribution in [-0.2, 0) is 0 Å². The predicted molar refractivity (Wildman–Crippen MR) is 41.3 cm³/mol. The van der Waals surface area contributed by atoms with Crippen LogP contribution in [0.4, 0.5) is 5.82 Å².